The molecule has 3 saturated heterocycles. The van der Waals surface area contributed by atoms with Crippen LogP contribution in [0.3, 0.4) is 0 Å². The predicted molar refractivity (Wildman–Crippen MR) is 173 cm³/mol. The Kier molecular flexibility index (Phi) is 11.3. The van der Waals surface area contributed by atoms with Crippen LogP contribution in [0.15, 0.2) is 52.3 Å². The van der Waals surface area contributed by atoms with Crippen LogP contribution in [0.25, 0.3) is 0 Å². The molecule has 0 saturated carbocycles. The molecule has 3 N–H and O–H groups in total. The van der Waals surface area contributed by atoms with Crippen LogP contribution in [-0.4, -0.2) is 88.1 Å². The van der Waals surface area contributed by atoms with Crippen LogP contribution < -0.4 is 0 Å². The smallest absolute Gasteiger partial charge is 0.316 e. The average molecular weight is 672 g/mol. The van der Waals surface area contributed by atoms with Crippen molar-refractivity contribution >= 4 is 23.6 Å². The van der Waals surface area contributed by atoms with Crippen LogP contribution in [0.4, 0.5) is 0 Å². The molecule has 5 rings (SSSR count). The van der Waals surface area contributed by atoms with Gasteiger partial charge in [-0.05, 0) is 61.2 Å². The van der Waals surface area contributed by atoms with Crippen molar-refractivity contribution in [2.75, 3.05) is 13.2 Å². The van der Waals surface area contributed by atoms with Gasteiger partial charge in [-0.15, -0.1) is 0 Å². The van der Waals surface area contributed by atoms with Gasteiger partial charge in [-0.3, -0.25) is 14.4 Å². The van der Waals surface area contributed by atoms with Crippen LogP contribution in [0.2, 0.25) is 0 Å². The summed E-state index contributed by atoms with van der Waals surface area (Å²) >= 11 is 0. The molecule has 48 heavy (non-hydrogen) atoms. The Bertz CT molecular complexity index is 1400. The number of carbonyl (C=O) groups excluding carboxylic acids is 2. The number of rotatable bonds is 6. The molecule has 1 spiro atoms. The molecule has 1 unspecified atom stereocenters. The van der Waals surface area contributed by atoms with Crippen molar-refractivity contribution in [2.45, 2.75) is 121 Å². The van der Waals surface area contributed by atoms with E-state index in [2.05, 4.69) is 19.0 Å². The van der Waals surface area contributed by atoms with Crippen LogP contribution in [0.5, 0.6) is 0 Å². The second-order valence-electron chi connectivity index (χ2n) is 14.0. The molecule has 0 aromatic carbocycles. The lowest BCUT2D eigenvalue weighted by Crippen LogP contribution is -2.57. The third-order valence-corrected chi connectivity index (χ3v) is 10.3. The van der Waals surface area contributed by atoms with E-state index in [0.717, 1.165) is 18.4 Å². The number of oxime groups is 1. The molecule has 12 nitrogen and oxygen atoms in total. The summed E-state index contributed by atoms with van der Waals surface area (Å²) in [6.07, 6.45) is 10.6. The fourth-order valence-electron chi connectivity index (χ4n) is 7.66. The quantitative estimate of drug-likeness (QED) is 0.154. The highest BCUT2D eigenvalue weighted by atomic mass is 16.7. The summed E-state index contributed by atoms with van der Waals surface area (Å²) in [6.45, 7) is 7.99. The molecule has 0 amide bonds. The zero-order valence-corrected chi connectivity index (χ0v) is 28.3. The van der Waals surface area contributed by atoms with E-state index >= 15 is 0 Å². The number of allylic oxidation sites excluding steroid dienone is 3. The van der Waals surface area contributed by atoms with Gasteiger partial charge in [0.25, 0.3) is 0 Å². The van der Waals surface area contributed by atoms with Crippen molar-refractivity contribution in [1.29, 1.82) is 0 Å². The Balaban J connectivity index is 1.50. The van der Waals surface area contributed by atoms with Gasteiger partial charge in [-0.2, -0.15) is 0 Å². The highest BCUT2D eigenvalue weighted by Gasteiger charge is 2.59. The van der Waals surface area contributed by atoms with Gasteiger partial charge in [0.1, 0.15) is 36.0 Å². The summed E-state index contributed by atoms with van der Waals surface area (Å²) in [5.41, 5.74) is 0.146. The molecule has 0 radical (unpaired) electrons. The fourth-order valence-corrected chi connectivity index (χ4v) is 7.66. The maximum absolute atomic E-state index is 14.1. The highest BCUT2D eigenvalue weighted by Crippen LogP contribution is 2.46. The van der Waals surface area contributed by atoms with Gasteiger partial charge in [0.15, 0.2) is 5.79 Å². The average Bonchev–Trinajstić information content (AvgIpc) is 3.37. The van der Waals surface area contributed by atoms with Crippen LogP contribution in [-0.2, 0) is 38.1 Å². The normalized spacial score (nSPS) is 40.9. The first-order valence-corrected chi connectivity index (χ1v) is 17.1. The van der Waals surface area contributed by atoms with Crippen molar-refractivity contribution in [3.05, 3.63) is 47.1 Å². The molecule has 12 heteroatoms. The number of nitrogens with zero attached hydrogens (tertiary/aromatic N) is 1. The minimum Gasteiger partial charge on any atom is -0.481 e. The first-order chi connectivity index (χ1) is 22.9. The summed E-state index contributed by atoms with van der Waals surface area (Å²) in [5, 5.41) is 34.4. The number of carbonyl (C=O) groups is 3. The van der Waals surface area contributed by atoms with Gasteiger partial charge in [-0.25, -0.2) is 0 Å². The van der Waals surface area contributed by atoms with E-state index in [1.165, 1.54) is 0 Å². The molecular weight excluding hydrogens is 622 g/mol. The van der Waals surface area contributed by atoms with Gasteiger partial charge in [0.05, 0.1) is 31.7 Å². The summed E-state index contributed by atoms with van der Waals surface area (Å²) in [4.78, 5) is 37.3. The van der Waals surface area contributed by atoms with Crippen molar-refractivity contribution in [2.24, 2.45) is 22.9 Å². The number of carboxylic acids is 1. The van der Waals surface area contributed by atoms with E-state index in [0.29, 0.717) is 49.2 Å². The third-order valence-electron chi connectivity index (χ3n) is 10.3. The Labute approximate surface area is 281 Å². The highest BCUT2D eigenvalue weighted by molar-refractivity contribution is 6.06. The summed E-state index contributed by atoms with van der Waals surface area (Å²) in [5.74, 6) is -3.98. The molecule has 4 heterocycles. The fraction of sp³-hybridized carbons (Fsp3) is 0.667. The van der Waals surface area contributed by atoms with Gasteiger partial charge in [0, 0.05) is 19.3 Å². The summed E-state index contributed by atoms with van der Waals surface area (Å²) in [7, 11) is 0. The maximum Gasteiger partial charge on any atom is 0.316 e. The zero-order chi connectivity index (χ0) is 34.6. The standard InChI is InChI=1S/C36H49NO11/c1-5-29-22(3)13-14-35(48-29)18-27-17-26(47-35)10-9-24(19-44-31(40)12-11-30(38)39)15-21(2)7-6-8-25-20-45-33-32(37-43)23(4)16-28(34(41)46-27)36(25,33)42/h6-9,16,21-22,26-29,33,42-43H,5,10-15,17-20H2,1-4H3,(H,38,39)/b7-6+,24-9-,25-8+,37-32-/t21-,22-,26+,27-,28?,29+,33+,35+,36+/m0/s1. The number of aliphatic hydroxyl groups is 1. The number of aliphatic carboxylic acids is 1. The number of hydrogen-bond acceptors (Lipinski definition) is 11. The SMILES string of the molecule is CC[C@H]1O[C@]2(CC[C@@H]1C)C[C@@H]1C[C@@H](C/C=C(\COC(=O)CCC(=O)O)C[C@@H](C)/C=C/C=C3\CO[C@@H]4/C(=N\O)C(C)=CC(C(=O)O1)[C@]34O)O2. The molecule has 264 valence electrons. The topological polar surface area (TPSA) is 170 Å². The van der Waals surface area contributed by atoms with Crippen LogP contribution in [0.1, 0.15) is 85.5 Å². The number of carboxylic acid groups (broad SMARTS) is 1. The predicted octanol–water partition coefficient (Wildman–Crippen LogP) is 4.78. The second kappa shape index (κ2) is 15.1. The molecule has 2 bridgehead atoms. The van der Waals surface area contributed by atoms with Crippen LogP contribution >= 0.6 is 0 Å². The summed E-state index contributed by atoms with van der Waals surface area (Å²) in [6, 6.07) is 0. The van der Waals surface area contributed by atoms with Crippen molar-refractivity contribution in [1.82, 2.24) is 0 Å². The minimum absolute atomic E-state index is 0.00578. The number of ether oxygens (including phenoxy) is 5. The van der Waals surface area contributed by atoms with Crippen LogP contribution in [0, 0.1) is 17.8 Å². The third kappa shape index (κ3) is 7.77. The Morgan fingerprint density at radius 1 is 1.17 bits per heavy atom. The monoisotopic (exact) mass is 671 g/mol. The molecule has 5 aliphatic rings. The Hall–Kier alpha value is -3.32. The number of esters is 2. The first-order valence-electron chi connectivity index (χ1n) is 17.1. The van der Waals surface area contributed by atoms with Gasteiger partial charge in [-0.1, -0.05) is 56.3 Å². The van der Waals surface area contributed by atoms with E-state index in [4.69, 9.17) is 28.8 Å². The lowest BCUT2D eigenvalue weighted by atomic mass is 9.71. The van der Waals surface area contributed by atoms with Crippen molar-refractivity contribution < 1.29 is 53.5 Å². The van der Waals surface area contributed by atoms with Crippen molar-refractivity contribution in [3.63, 3.8) is 0 Å². The lowest BCUT2D eigenvalue weighted by molar-refractivity contribution is -0.335. The molecule has 9 atom stereocenters. The second-order valence-corrected chi connectivity index (χ2v) is 14.0. The molecule has 3 fully saturated rings. The Morgan fingerprint density at radius 2 is 1.96 bits per heavy atom. The van der Waals surface area contributed by atoms with Gasteiger partial charge < -0.3 is 39.1 Å². The number of hydrogen-bond donors (Lipinski definition) is 3. The zero-order valence-electron chi connectivity index (χ0n) is 28.3. The van der Waals surface area contributed by atoms with E-state index in [9.17, 15) is 24.7 Å². The van der Waals surface area contributed by atoms with E-state index in [1.807, 2.05) is 19.1 Å². The minimum atomic E-state index is -1.83. The maximum atomic E-state index is 14.1. The van der Waals surface area contributed by atoms with Crippen molar-refractivity contribution in [3.8, 4) is 0 Å². The van der Waals surface area contributed by atoms with E-state index in [1.54, 1.807) is 25.2 Å². The number of fused-ring (bicyclic) bond motifs is 2. The van der Waals surface area contributed by atoms with Gasteiger partial charge in [0.2, 0.25) is 0 Å². The molecule has 0 aromatic rings. The molecule has 0 aromatic heterocycles. The first kappa shape index (κ1) is 36.0. The molecule has 4 aliphatic heterocycles. The lowest BCUT2D eigenvalue weighted by Gasteiger charge is -2.49. The molecule has 1 aliphatic carbocycles. The molecular formula is C36H49NO11. The largest absolute Gasteiger partial charge is 0.481 e. The Morgan fingerprint density at radius 3 is 2.69 bits per heavy atom. The van der Waals surface area contributed by atoms with E-state index in [-0.39, 0.29) is 49.9 Å². The summed E-state index contributed by atoms with van der Waals surface area (Å²) < 4.78 is 31.0. The van der Waals surface area contributed by atoms with E-state index < -0.39 is 47.4 Å². The van der Waals surface area contributed by atoms with Gasteiger partial charge >= 0.3 is 17.9 Å².